The minimum absolute atomic E-state index is 0.0355. The summed E-state index contributed by atoms with van der Waals surface area (Å²) in [5, 5.41) is 13.9. The van der Waals surface area contributed by atoms with Crippen LogP contribution in [0.4, 0.5) is 11.4 Å². The van der Waals surface area contributed by atoms with E-state index >= 15 is 0 Å². The number of halogens is 1. The van der Waals surface area contributed by atoms with Gasteiger partial charge in [0.1, 0.15) is 22.9 Å². The van der Waals surface area contributed by atoms with Crippen molar-refractivity contribution in [3.8, 4) is 17.2 Å². The first kappa shape index (κ1) is 45.7. The number of sulfonamides is 1. The van der Waals surface area contributed by atoms with Gasteiger partial charge in [-0.05, 0) is 123 Å². The van der Waals surface area contributed by atoms with Crippen LogP contribution in [-0.4, -0.2) is 98.0 Å². The number of aromatic nitrogens is 2. The van der Waals surface area contributed by atoms with E-state index in [2.05, 4.69) is 62.3 Å². The summed E-state index contributed by atoms with van der Waals surface area (Å²) < 4.78 is 42.5. The molecule has 16 heteroatoms. The number of amides is 1. The molecule has 2 fully saturated rings. The first-order chi connectivity index (χ1) is 31.7. The maximum absolute atomic E-state index is 14.1. The number of H-pyrrole nitrogens is 1. The predicted molar refractivity (Wildman–Crippen MR) is 257 cm³/mol. The SMILES string of the molecule is C[C@H]1CCCN(CC[C@@H]2COc3cc(S(=O)(=O)NC(=O)c4ccc(N5CCN(CC6=C(c7ccc(Cl)cc7)CC(C)(C)CC6)CC5)cc4Oc4cnc5[nH]ccc5c4)cc([N+](=O)[O-])c3C2)C1. The van der Waals surface area contributed by atoms with E-state index in [1.165, 1.54) is 35.4 Å². The van der Waals surface area contributed by atoms with Crippen molar-refractivity contribution < 1.29 is 27.6 Å². The average Bonchev–Trinajstić information content (AvgIpc) is 3.77. The van der Waals surface area contributed by atoms with Crippen molar-refractivity contribution in [2.24, 2.45) is 17.3 Å². The van der Waals surface area contributed by atoms with Gasteiger partial charge in [0.15, 0.2) is 0 Å². The van der Waals surface area contributed by atoms with Crippen molar-refractivity contribution in [3.63, 3.8) is 0 Å². The minimum Gasteiger partial charge on any atom is -0.493 e. The Kier molecular flexibility index (Phi) is 13.2. The molecular formula is C50H58ClN7O7S. The molecule has 348 valence electrons. The fourth-order valence-corrected chi connectivity index (χ4v) is 11.2. The Bertz CT molecular complexity index is 2770. The summed E-state index contributed by atoms with van der Waals surface area (Å²) in [5.74, 6) is 0.369. The van der Waals surface area contributed by atoms with E-state index in [9.17, 15) is 23.3 Å². The number of hydrogen-bond donors (Lipinski definition) is 2. The van der Waals surface area contributed by atoms with E-state index in [0.29, 0.717) is 35.9 Å². The number of piperazine rings is 1. The third-order valence-electron chi connectivity index (χ3n) is 13.8. The summed E-state index contributed by atoms with van der Waals surface area (Å²) in [6.07, 6.45) is 10.1. The third-order valence-corrected chi connectivity index (χ3v) is 15.4. The molecule has 2 saturated heterocycles. The molecule has 0 spiro atoms. The third kappa shape index (κ3) is 10.4. The molecule has 0 radical (unpaired) electrons. The summed E-state index contributed by atoms with van der Waals surface area (Å²) in [7, 11) is -4.62. The van der Waals surface area contributed by atoms with Gasteiger partial charge in [-0.25, -0.2) is 18.1 Å². The van der Waals surface area contributed by atoms with Crippen LogP contribution in [0.25, 0.3) is 16.6 Å². The number of aromatic amines is 1. The molecular weight excluding hydrogens is 878 g/mol. The van der Waals surface area contributed by atoms with E-state index in [-0.39, 0.29) is 34.1 Å². The summed E-state index contributed by atoms with van der Waals surface area (Å²) in [5.41, 5.74) is 5.80. The number of rotatable bonds is 13. The van der Waals surface area contributed by atoms with Crippen molar-refractivity contribution in [2.75, 3.05) is 63.9 Å². The molecule has 3 aliphatic heterocycles. The van der Waals surface area contributed by atoms with Crippen LogP contribution in [0.1, 0.15) is 80.8 Å². The van der Waals surface area contributed by atoms with E-state index in [1.54, 1.807) is 30.5 Å². The van der Waals surface area contributed by atoms with Crippen LogP contribution >= 0.6 is 11.6 Å². The fourth-order valence-electron chi connectivity index (χ4n) is 10.1. The topological polar surface area (TPSA) is 163 Å². The minimum atomic E-state index is -4.62. The van der Waals surface area contributed by atoms with Gasteiger partial charge in [0.25, 0.3) is 21.6 Å². The Morgan fingerprint density at radius 3 is 2.62 bits per heavy atom. The van der Waals surface area contributed by atoms with Crippen molar-refractivity contribution >= 4 is 55.5 Å². The van der Waals surface area contributed by atoms with Gasteiger partial charge in [0.05, 0.1) is 33.7 Å². The second kappa shape index (κ2) is 19.0. The number of nitrogens with one attached hydrogen (secondary N) is 2. The summed E-state index contributed by atoms with van der Waals surface area (Å²) >= 11 is 6.26. The van der Waals surface area contributed by atoms with Crippen molar-refractivity contribution in [1.29, 1.82) is 0 Å². The highest BCUT2D eigenvalue weighted by molar-refractivity contribution is 7.90. The number of allylic oxidation sites excluding steroid dienone is 1. The maximum atomic E-state index is 14.1. The molecule has 2 N–H and O–H groups in total. The first-order valence-electron chi connectivity index (χ1n) is 23.1. The normalized spacial score (nSPS) is 20.5. The van der Waals surface area contributed by atoms with Crippen LogP contribution in [0, 0.1) is 27.4 Å². The number of piperidine rings is 1. The molecule has 14 nitrogen and oxygen atoms in total. The van der Waals surface area contributed by atoms with Crippen molar-refractivity contribution in [1.82, 2.24) is 24.5 Å². The number of fused-ring (bicyclic) bond motifs is 2. The Hall–Kier alpha value is -5.48. The molecule has 5 aromatic rings. The van der Waals surface area contributed by atoms with Crippen LogP contribution in [-0.2, 0) is 16.4 Å². The van der Waals surface area contributed by atoms with E-state index < -0.39 is 25.7 Å². The van der Waals surface area contributed by atoms with Crippen LogP contribution in [0.15, 0.2) is 89.6 Å². The second-order valence-electron chi connectivity index (χ2n) is 19.4. The number of carbonyl (C=O) groups is 1. The van der Waals surface area contributed by atoms with Gasteiger partial charge in [-0.15, -0.1) is 0 Å². The standard InChI is InChI=1S/C50H58ClN7O7S/c1-33-5-4-17-55(30-33)18-14-34-23-43-45(58(60)61)26-41(27-46(43)64-32-34)66(62,63)54-49(59)42-11-10-39(25-47(42)65-40-24-36-13-16-52-48(36)53-29-40)57-21-19-56(20-22-57)31-37-12-15-50(2,3)28-44(37)35-6-8-38(51)9-7-35/h6-11,13,16,24-27,29,33-34H,4-5,12,14-15,17-23,28,30-32H2,1-3H3,(H,52,53)(H,54,59)/t33-,34-/m0/s1. The molecule has 0 bridgehead atoms. The zero-order valence-electron chi connectivity index (χ0n) is 37.9. The average molecular weight is 937 g/mol. The van der Waals surface area contributed by atoms with Gasteiger partial charge in [-0.3, -0.25) is 19.8 Å². The van der Waals surface area contributed by atoms with Gasteiger partial charge in [-0.2, -0.15) is 0 Å². The Labute approximate surface area is 391 Å². The van der Waals surface area contributed by atoms with E-state index in [0.717, 1.165) is 107 Å². The number of nitro groups is 1. The molecule has 1 amide bonds. The van der Waals surface area contributed by atoms with Crippen LogP contribution < -0.4 is 19.1 Å². The zero-order valence-corrected chi connectivity index (χ0v) is 39.4. The number of likely N-dealkylation sites (tertiary alicyclic amines) is 1. The zero-order chi connectivity index (χ0) is 46.2. The quantitative estimate of drug-likeness (QED) is 0.0854. The summed E-state index contributed by atoms with van der Waals surface area (Å²) in [6, 6.07) is 19.2. The molecule has 4 aliphatic rings. The molecule has 0 saturated carbocycles. The maximum Gasteiger partial charge on any atom is 0.277 e. The summed E-state index contributed by atoms with van der Waals surface area (Å²) in [6.45, 7) is 14.2. The van der Waals surface area contributed by atoms with Gasteiger partial charge >= 0.3 is 0 Å². The van der Waals surface area contributed by atoms with Gasteiger partial charge in [0, 0.05) is 79.8 Å². The first-order valence-corrected chi connectivity index (χ1v) is 25.0. The van der Waals surface area contributed by atoms with Gasteiger partial charge in [-0.1, -0.05) is 50.1 Å². The highest BCUT2D eigenvalue weighted by Gasteiger charge is 2.34. The highest BCUT2D eigenvalue weighted by atomic mass is 35.5. The number of nitrogens with zero attached hydrogens (tertiary/aromatic N) is 5. The second-order valence-corrected chi connectivity index (χ2v) is 21.5. The molecule has 66 heavy (non-hydrogen) atoms. The largest absolute Gasteiger partial charge is 0.493 e. The lowest BCUT2D eigenvalue weighted by Gasteiger charge is -2.39. The number of anilines is 1. The molecule has 0 unspecified atom stereocenters. The predicted octanol–water partition coefficient (Wildman–Crippen LogP) is 9.49. The number of ether oxygens (including phenoxy) is 2. The molecule has 3 aromatic carbocycles. The van der Waals surface area contributed by atoms with E-state index in [4.69, 9.17) is 21.1 Å². The Morgan fingerprint density at radius 2 is 1.85 bits per heavy atom. The smallest absolute Gasteiger partial charge is 0.277 e. The molecule has 5 heterocycles. The van der Waals surface area contributed by atoms with Gasteiger partial charge in [0.2, 0.25) is 0 Å². The highest BCUT2D eigenvalue weighted by Crippen LogP contribution is 2.44. The van der Waals surface area contributed by atoms with Crippen LogP contribution in [0.2, 0.25) is 5.02 Å². The fraction of sp³-hybridized carbons (Fsp3) is 0.440. The summed E-state index contributed by atoms with van der Waals surface area (Å²) in [4.78, 5) is 40.2. The van der Waals surface area contributed by atoms with Gasteiger partial charge < -0.3 is 24.3 Å². The number of carbonyl (C=O) groups excluding carboxylic acids is 1. The Morgan fingerprint density at radius 1 is 1.05 bits per heavy atom. The molecule has 9 rings (SSSR count). The van der Waals surface area contributed by atoms with E-state index in [1.807, 2.05) is 18.2 Å². The van der Waals surface area contributed by atoms with Crippen LogP contribution in [0.3, 0.4) is 0 Å². The number of pyridine rings is 1. The lowest BCUT2D eigenvalue weighted by Crippen LogP contribution is -2.47. The number of benzene rings is 3. The molecule has 1 aliphatic carbocycles. The lowest BCUT2D eigenvalue weighted by atomic mass is 9.72. The lowest BCUT2D eigenvalue weighted by molar-refractivity contribution is -0.386. The van der Waals surface area contributed by atoms with Crippen molar-refractivity contribution in [2.45, 2.75) is 70.6 Å². The van der Waals surface area contributed by atoms with Crippen LogP contribution in [0.5, 0.6) is 17.2 Å². The monoisotopic (exact) mass is 935 g/mol. The number of nitro benzene ring substituents is 1. The Balaban J connectivity index is 0.924. The molecule has 2 atom stereocenters. The molecule has 2 aromatic heterocycles. The van der Waals surface area contributed by atoms with Crippen molar-refractivity contribution in [3.05, 3.63) is 117 Å². The number of hydrogen-bond acceptors (Lipinski definition) is 11.